The second kappa shape index (κ2) is 8.73. The van der Waals surface area contributed by atoms with Crippen LogP contribution in [-0.2, 0) is 17.8 Å². The molecular weight excluding hydrogens is 380 g/mol. The number of ether oxygens (including phenoxy) is 1. The fourth-order valence-corrected chi connectivity index (χ4v) is 3.24. The maximum atomic E-state index is 12.6. The largest absolute Gasteiger partial charge is 0.497 e. The number of carbonyl (C=O) groups is 1. The van der Waals surface area contributed by atoms with E-state index in [0.29, 0.717) is 31.1 Å². The van der Waals surface area contributed by atoms with Crippen LogP contribution >= 0.6 is 0 Å². The Hall–Kier alpha value is -3.74. The molecule has 0 atom stereocenters. The summed E-state index contributed by atoms with van der Waals surface area (Å²) in [6, 6.07) is 15.8. The van der Waals surface area contributed by atoms with Crippen LogP contribution in [0.5, 0.6) is 5.75 Å². The topological polar surface area (TPSA) is 81.4 Å². The number of aryl methyl sites for hydroxylation is 1. The van der Waals surface area contributed by atoms with Crippen molar-refractivity contribution in [3.63, 3.8) is 0 Å². The van der Waals surface area contributed by atoms with Gasteiger partial charge in [0, 0.05) is 44.4 Å². The molecule has 4 aromatic rings. The molecule has 0 saturated heterocycles. The molecule has 0 aliphatic heterocycles. The van der Waals surface area contributed by atoms with Crippen molar-refractivity contribution in [2.24, 2.45) is 0 Å². The lowest BCUT2D eigenvalue weighted by Gasteiger charge is -2.17. The van der Waals surface area contributed by atoms with Gasteiger partial charge in [-0.15, -0.1) is 0 Å². The lowest BCUT2D eigenvalue weighted by atomic mass is 10.1. The molecule has 4 rings (SSSR count). The zero-order valence-electron chi connectivity index (χ0n) is 16.9. The maximum Gasteiger partial charge on any atom is 0.227 e. The van der Waals surface area contributed by atoms with E-state index in [-0.39, 0.29) is 5.91 Å². The van der Waals surface area contributed by atoms with Crippen LogP contribution in [0.25, 0.3) is 22.2 Å². The summed E-state index contributed by atoms with van der Waals surface area (Å²) in [5, 5.41) is 6.19. The SMILES string of the molecule is COc1ccc2cc(CN(C)C(=O)CCc3nc(-c4ccncc4)no3)ccc2c1. The second-order valence-corrected chi connectivity index (χ2v) is 7.04. The molecule has 0 bridgehead atoms. The molecule has 7 heteroatoms. The summed E-state index contributed by atoms with van der Waals surface area (Å²) in [6.45, 7) is 0.535. The van der Waals surface area contributed by atoms with Crippen molar-refractivity contribution in [3.8, 4) is 17.1 Å². The number of pyridine rings is 1. The second-order valence-electron chi connectivity index (χ2n) is 7.04. The van der Waals surface area contributed by atoms with Crippen molar-refractivity contribution in [3.05, 3.63) is 72.4 Å². The van der Waals surface area contributed by atoms with Gasteiger partial charge in [0.05, 0.1) is 7.11 Å². The highest BCUT2D eigenvalue weighted by molar-refractivity contribution is 5.84. The summed E-state index contributed by atoms with van der Waals surface area (Å²) in [5.41, 5.74) is 1.90. The minimum Gasteiger partial charge on any atom is -0.497 e. The van der Waals surface area contributed by atoms with Crippen LogP contribution < -0.4 is 4.74 Å². The van der Waals surface area contributed by atoms with Gasteiger partial charge in [0.1, 0.15) is 5.75 Å². The van der Waals surface area contributed by atoms with Gasteiger partial charge in [-0.25, -0.2) is 0 Å². The third kappa shape index (κ3) is 4.46. The Labute approximate surface area is 174 Å². The van der Waals surface area contributed by atoms with Gasteiger partial charge in [0.2, 0.25) is 17.6 Å². The summed E-state index contributed by atoms with van der Waals surface area (Å²) >= 11 is 0. The quantitative estimate of drug-likeness (QED) is 0.467. The average molecular weight is 402 g/mol. The van der Waals surface area contributed by atoms with Crippen LogP contribution in [0.15, 0.2) is 65.4 Å². The number of amides is 1. The molecule has 2 aromatic heterocycles. The Balaban J connectivity index is 1.35. The van der Waals surface area contributed by atoms with Crippen LogP contribution in [-0.4, -0.2) is 40.1 Å². The smallest absolute Gasteiger partial charge is 0.227 e. The summed E-state index contributed by atoms with van der Waals surface area (Å²) in [4.78, 5) is 22.6. The first-order chi connectivity index (χ1) is 14.6. The van der Waals surface area contributed by atoms with E-state index in [1.165, 1.54) is 0 Å². The van der Waals surface area contributed by atoms with Crippen molar-refractivity contribution in [1.82, 2.24) is 20.0 Å². The normalized spacial score (nSPS) is 10.9. The standard InChI is InChI=1S/C23H22N4O3/c1-27(15-16-3-4-19-14-20(29-2)6-5-18(19)13-16)22(28)8-7-21-25-23(26-30-21)17-9-11-24-12-10-17/h3-6,9-14H,7-8,15H2,1-2H3. The lowest BCUT2D eigenvalue weighted by Crippen LogP contribution is -2.26. The molecule has 7 nitrogen and oxygen atoms in total. The van der Waals surface area contributed by atoms with Crippen LogP contribution in [0.3, 0.4) is 0 Å². The molecule has 2 heterocycles. The fraction of sp³-hybridized carbons (Fsp3) is 0.217. The van der Waals surface area contributed by atoms with E-state index in [9.17, 15) is 4.79 Å². The number of methoxy groups -OCH3 is 1. The molecule has 152 valence electrons. The predicted molar refractivity (Wildman–Crippen MR) is 113 cm³/mol. The van der Waals surface area contributed by atoms with Crippen LogP contribution in [0.1, 0.15) is 17.9 Å². The van der Waals surface area contributed by atoms with Gasteiger partial charge in [0.15, 0.2) is 0 Å². The summed E-state index contributed by atoms with van der Waals surface area (Å²) in [6.07, 6.45) is 4.05. The number of hydrogen-bond donors (Lipinski definition) is 0. The number of carbonyl (C=O) groups excluding carboxylic acids is 1. The molecule has 0 radical (unpaired) electrons. The number of hydrogen-bond acceptors (Lipinski definition) is 6. The molecule has 30 heavy (non-hydrogen) atoms. The molecule has 0 spiro atoms. The van der Waals surface area contributed by atoms with Gasteiger partial charge >= 0.3 is 0 Å². The van der Waals surface area contributed by atoms with Crippen LogP contribution in [0.4, 0.5) is 0 Å². The number of benzene rings is 2. The Morgan fingerprint density at radius 1 is 1.07 bits per heavy atom. The number of fused-ring (bicyclic) bond motifs is 1. The van der Waals surface area contributed by atoms with E-state index in [0.717, 1.165) is 27.6 Å². The van der Waals surface area contributed by atoms with E-state index in [1.54, 1.807) is 31.5 Å². The fourth-order valence-electron chi connectivity index (χ4n) is 3.24. The summed E-state index contributed by atoms with van der Waals surface area (Å²) < 4.78 is 10.5. The first kappa shape index (κ1) is 19.6. The first-order valence-corrected chi connectivity index (χ1v) is 9.66. The van der Waals surface area contributed by atoms with Gasteiger partial charge in [-0.05, 0) is 46.7 Å². The molecule has 0 aliphatic rings. The number of aromatic nitrogens is 3. The highest BCUT2D eigenvalue weighted by Gasteiger charge is 2.14. The zero-order valence-corrected chi connectivity index (χ0v) is 16.9. The molecule has 1 amide bonds. The molecule has 0 saturated carbocycles. The highest BCUT2D eigenvalue weighted by Crippen LogP contribution is 2.22. The molecule has 0 aliphatic carbocycles. The number of rotatable bonds is 7. The maximum absolute atomic E-state index is 12.6. The van der Waals surface area contributed by atoms with Crippen molar-refractivity contribution in [2.75, 3.05) is 14.2 Å². The van der Waals surface area contributed by atoms with Gasteiger partial charge in [-0.1, -0.05) is 23.4 Å². The third-order valence-corrected chi connectivity index (χ3v) is 4.92. The van der Waals surface area contributed by atoms with Gasteiger partial charge in [-0.3, -0.25) is 9.78 Å². The van der Waals surface area contributed by atoms with Crippen molar-refractivity contribution >= 4 is 16.7 Å². The molecular formula is C23H22N4O3. The Morgan fingerprint density at radius 3 is 2.63 bits per heavy atom. The summed E-state index contributed by atoms with van der Waals surface area (Å²) in [5.74, 6) is 1.80. The Morgan fingerprint density at radius 2 is 1.83 bits per heavy atom. The summed E-state index contributed by atoms with van der Waals surface area (Å²) in [7, 11) is 3.46. The van der Waals surface area contributed by atoms with E-state index >= 15 is 0 Å². The first-order valence-electron chi connectivity index (χ1n) is 9.66. The van der Waals surface area contributed by atoms with Crippen molar-refractivity contribution in [2.45, 2.75) is 19.4 Å². The van der Waals surface area contributed by atoms with Crippen LogP contribution in [0.2, 0.25) is 0 Å². The monoisotopic (exact) mass is 402 g/mol. The van der Waals surface area contributed by atoms with Gasteiger partial charge in [-0.2, -0.15) is 4.98 Å². The van der Waals surface area contributed by atoms with Gasteiger partial charge in [0.25, 0.3) is 0 Å². The molecule has 0 unspecified atom stereocenters. The van der Waals surface area contributed by atoms with E-state index in [1.807, 2.05) is 42.5 Å². The predicted octanol–water partition coefficient (Wildman–Crippen LogP) is 3.88. The van der Waals surface area contributed by atoms with E-state index in [2.05, 4.69) is 21.2 Å². The van der Waals surface area contributed by atoms with Crippen molar-refractivity contribution in [1.29, 1.82) is 0 Å². The zero-order chi connectivity index (χ0) is 20.9. The van der Waals surface area contributed by atoms with E-state index in [4.69, 9.17) is 9.26 Å². The Kier molecular flexibility index (Phi) is 5.70. The van der Waals surface area contributed by atoms with E-state index < -0.39 is 0 Å². The Bertz CT molecular complexity index is 1160. The third-order valence-electron chi connectivity index (χ3n) is 4.92. The minimum atomic E-state index is 0.0217. The van der Waals surface area contributed by atoms with Gasteiger partial charge < -0.3 is 14.2 Å². The molecule has 2 aromatic carbocycles. The number of nitrogens with zero attached hydrogens (tertiary/aromatic N) is 4. The minimum absolute atomic E-state index is 0.0217. The average Bonchev–Trinajstić information content (AvgIpc) is 3.26. The molecule has 0 N–H and O–H groups in total. The molecule has 0 fully saturated rings. The lowest BCUT2D eigenvalue weighted by molar-refractivity contribution is -0.130. The highest BCUT2D eigenvalue weighted by atomic mass is 16.5. The van der Waals surface area contributed by atoms with Crippen LogP contribution in [0, 0.1) is 0 Å². The van der Waals surface area contributed by atoms with Crippen molar-refractivity contribution < 1.29 is 14.1 Å².